The first-order valence-electron chi connectivity index (χ1n) is 9.06. The number of hydrogen-bond acceptors (Lipinski definition) is 6. The zero-order valence-electron chi connectivity index (χ0n) is 15.8. The lowest BCUT2D eigenvalue weighted by atomic mass is 9.98. The number of carboxylic acid groups (broad SMARTS) is 1. The van der Waals surface area contributed by atoms with Gasteiger partial charge in [0.05, 0.1) is 4.90 Å². The zero-order chi connectivity index (χ0) is 21.3. The molecule has 8 heteroatoms. The van der Waals surface area contributed by atoms with E-state index in [1.807, 2.05) is 41.8 Å². The molecule has 4 rings (SSSR count). The van der Waals surface area contributed by atoms with E-state index in [0.29, 0.717) is 15.5 Å². The van der Waals surface area contributed by atoms with Crippen LogP contribution in [0, 0.1) is 17.6 Å². The number of thiophene rings is 1. The number of benzene rings is 2. The second kappa shape index (κ2) is 8.22. The van der Waals surface area contributed by atoms with Crippen molar-refractivity contribution in [1.82, 2.24) is 0 Å². The fraction of sp³-hybridized carbons (Fsp3) is 0.136. The maximum absolute atomic E-state index is 12.5. The molecule has 1 aromatic heterocycles. The number of nitriles is 1. The number of hydrogen-bond donors (Lipinski definition) is 2. The molecule has 1 aliphatic carbocycles. The molecule has 30 heavy (non-hydrogen) atoms. The van der Waals surface area contributed by atoms with Crippen molar-refractivity contribution in [2.24, 2.45) is 0 Å². The van der Waals surface area contributed by atoms with Gasteiger partial charge in [0.1, 0.15) is 21.9 Å². The first kappa shape index (κ1) is 20.0. The number of amides is 1. The number of fused-ring (bicyclic) bond motifs is 3. The van der Waals surface area contributed by atoms with Crippen molar-refractivity contribution in [2.75, 3.05) is 11.9 Å². The molecule has 1 aliphatic rings. The Balaban J connectivity index is 1.52. The minimum atomic E-state index is -1.10. The van der Waals surface area contributed by atoms with E-state index in [-0.39, 0.29) is 17.4 Å². The molecule has 2 aromatic carbocycles. The van der Waals surface area contributed by atoms with Crippen LogP contribution in [0.25, 0.3) is 11.1 Å². The predicted molar refractivity (Wildman–Crippen MR) is 116 cm³/mol. The highest BCUT2D eigenvalue weighted by molar-refractivity contribution is 8.04. The van der Waals surface area contributed by atoms with Gasteiger partial charge in [-0.3, -0.25) is 5.32 Å². The minimum Gasteiger partial charge on any atom is -0.477 e. The number of carboxylic acids is 1. The Labute approximate surface area is 181 Å². The van der Waals surface area contributed by atoms with Gasteiger partial charge in [-0.1, -0.05) is 48.5 Å². The Bertz CT molecular complexity index is 1150. The monoisotopic (exact) mass is 436 g/mol. The molecule has 150 valence electrons. The molecule has 1 amide bonds. The second-order valence-corrected chi connectivity index (χ2v) is 8.48. The van der Waals surface area contributed by atoms with E-state index >= 15 is 0 Å². The summed E-state index contributed by atoms with van der Waals surface area (Å²) < 4.78 is 5.50. The fourth-order valence-corrected chi connectivity index (χ4v) is 5.41. The van der Waals surface area contributed by atoms with E-state index in [2.05, 4.69) is 17.4 Å². The normalized spacial score (nSPS) is 12.0. The van der Waals surface area contributed by atoms with E-state index < -0.39 is 12.1 Å². The summed E-state index contributed by atoms with van der Waals surface area (Å²) >= 11 is 1.73. The van der Waals surface area contributed by atoms with Crippen molar-refractivity contribution < 1.29 is 19.4 Å². The van der Waals surface area contributed by atoms with Crippen molar-refractivity contribution >= 4 is 40.2 Å². The third kappa shape index (κ3) is 3.54. The van der Waals surface area contributed by atoms with Gasteiger partial charge in [-0.05, 0) is 46.5 Å². The number of ether oxygens (including phenoxy) is 1. The van der Waals surface area contributed by atoms with Gasteiger partial charge in [0.15, 0.2) is 0 Å². The first-order valence-corrected chi connectivity index (χ1v) is 10.7. The van der Waals surface area contributed by atoms with Crippen LogP contribution in [0.4, 0.5) is 9.80 Å². The quantitative estimate of drug-likeness (QED) is 0.394. The lowest BCUT2D eigenvalue weighted by molar-refractivity contribution is 0.0701. The molecule has 0 saturated heterocycles. The van der Waals surface area contributed by atoms with Crippen molar-refractivity contribution in [3.05, 3.63) is 70.1 Å². The molecule has 0 spiro atoms. The SMILES string of the molecule is Cc1c(C(=O)O)sc(NC(=O)OCC2c3ccccc3-c3ccccc32)c1SC#N. The summed E-state index contributed by atoms with van der Waals surface area (Å²) in [6.07, 6.45) is -0.685. The highest BCUT2D eigenvalue weighted by Gasteiger charge is 2.29. The van der Waals surface area contributed by atoms with E-state index in [4.69, 9.17) is 10.00 Å². The van der Waals surface area contributed by atoms with Gasteiger partial charge in [0, 0.05) is 5.92 Å². The van der Waals surface area contributed by atoms with Crippen LogP contribution in [0.15, 0.2) is 53.4 Å². The Kier molecular flexibility index (Phi) is 5.48. The number of rotatable bonds is 5. The summed E-state index contributed by atoms with van der Waals surface area (Å²) in [4.78, 5) is 24.4. The Morgan fingerprint density at radius 3 is 2.33 bits per heavy atom. The highest BCUT2D eigenvalue weighted by Crippen LogP contribution is 2.44. The largest absolute Gasteiger partial charge is 0.477 e. The van der Waals surface area contributed by atoms with Crippen molar-refractivity contribution in [2.45, 2.75) is 17.7 Å². The average molecular weight is 437 g/mol. The van der Waals surface area contributed by atoms with Gasteiger partial charge >= 0.3 is 12.1 Å². The smallest absolute Gasteiger partial charge is 0.412 e. The topological polar surface area (TPSA) is 99.4 Å². The third-order valence-electron chi connectivity index (χ3n) is 4.99. The number of thiocyanates is 1. The fourth-order valence-electron chi connectivity index (χ4n) is 3.68. The number of nitrogens with zero attached hydrogens (tertiary/aromatic N) is 1. The molecule has 6 nitrogen and oxygen atoms in total. The van der Waals surface area contributed by atoms with Crippen LogP contribution >= 0.6 is 23.1 Å². The zero-order valence-corrected chi connectivity index (χ0v) is 17.5. The third-order valence-corrected chi connectivity index (χ3v) is 7.12. The molecule has 3 aromatic rings. The number of thioether (sulfide) groups is 1. The predicted octanol–water partition coefficient (Wildman–Crippen LogP) is 5.69. The molecule has 0 saturated carbocycles. The van der Waals surface area contributed by atoms with Crippen molar-refractivity contribution in [1.29, 1.82) is 5.26 Å². The molecule has 0 atom stereocenters. The summed E-state index contributed by atoms with van der Waals surface area (Å²) in [5, 5.41) is 23.2. The summed E-state index contributed by atoms with van der Waals surface area (Å²) in [6, 6.07) is 16.1. The van der Waals surface area contributed by atoms with Crippen LogP contribution < -0.4 is 5.32 Å². The van der Waals surface area contributed by atoms with E-state index in [1.54, 1.807) is 6.92 Å². The molecule has 0 aliphatic heterocycles. The number of anilines is 1. The Morgan fingerprint density at radius 1 is 1.17 bits per heavy atom. The molecule has 0 unspecified atom stereocenters. The van der Waals surface area contributed by atoms with Crippen LogP contribution in [-0.2, 0) is 4.74 Å². The molecular formula is C22H16N2O4S2. The Morgan fingerprint density at radius 2 is 1.77 bits per heavy atom. The van der Waals surface area contributed by atoms with Gasteiger partial charge in [0.2, 0.25) is 0 Å². The second-order valence-electron chi connectivity index (χ2n) is 6.66. The van der Waals surface area contributed by atoms with Crippen LogP contribution in [0.3, 0.4) is 0 Å². The van der Waals surface area contributed by atoms with Crippen molar-refractivity contribution in [3.63, 3.8) is 0 Å². The Hall–Kier alpha value is -3.28. The highest BCUT2D eigenvalue weighted by atomic mass is 32.2. The maximum atomic E-state index is 12.5. The number of carbonyl (C=O) groups is 2. The number of aromatic carboxylic acids is 1. The minimum absolute atomic E-state index is 0.0734. The maximum Gasteiger partial charge on any atom is 0.412 e. The first-order chi connectivity index (χ1) is 14.5. The van der Waals surface area contributed by atoms with Crippen LogP contribution in [0.2, 0.25) is 0 Å². The van der Waals surface area contributed by atoms with Gasteiger partial charge < -0.3 is 9.84 Å². The van der Waals surface area contributed by atoms with Gasteiger partial charge in [-0.25, -0.2) is 9.59 Å². The van der Waals surface area contributed by atoms with Crippen LogP contribution in [-0.4, -0.2) is 23.8 Å². The number of carbonyl (C=O) groups excluding carboxylic acids is 1. The molecular weight excluding hydrogens is 420 g/mol. The summed E-state index contributed by atoms with van der Waals surface area (Å²) in [7, 11) is 0. The van der Waals surface area contributed by atoms with Crippen LogP contribution in [0.5, 0.6) is 0 Å². The lowest BCUT2D eigenvalue weighted by Gasteiger charge is -2.14. The van der Waals surface area contributed by atoms with Crippen LogP contribution in [0.1, 0.15) is 32.3 Å². The molecule has 0 radical (unpaired) electrons. The standard InChI is InChI=1S/C22H16N2O4S2/c1-12-18(29-11-23)20(30-19(12)21(25)26)24-22(27)28-10-17-15-8-4-2-6-13(15)14-7-3-5-9-16(14)17/h2-9,17H,10H2,1H3,(H,24,27)(H,25,26). The average Bonchev–Trinajstić information content (AvgIpc) is 3.22. The van der Waals surface area contributed by atoms with E-state index in [0.717, 1.165) is 45.4 Å². The summed E-state index contributed by atoms with van der Waals surface area (Å²) in [5.74, 6) is -1.17. The molecule has 2 N–H and O–H groups in total. The lowest BCUT2D eigenvalue weighted by Crippen LogP contribution is -2.17. The van der Waals surface area contributed by atoms with Gasteiger partial charge in [-0.2, -0.15) is 5.26 Å². The number of nitrogens with one attached hydrogen (secondary N) is 1. The molecule has 0 bridgehead atoms. The van der Waals surface area contributed by atoms with E-state index in [9.17, 15) is 14.7 Å². The van der Waals surface area contributed by atoms with Crippen molar-refractivity contribution in [3.8, 4) is 16.5 Å². The van der Waals surface area contributed by atoms with Gasteiger partial charge in [0.25, 0.3) is 0 Å². The summed E-state index contributed by atoms with van der Waals surface area (Å²) in [5.41, 5.74) is 4.93. The van der Waals surface area contributed by atoms with Gasteiger partial charge in [-0.15, -0.1) is 11.3 Å². The summed E-state index contributed by atoms with van der Waals surface area (Å²) in [6.45, 7) is 1.76. The molecule has 1 heterocycles. The molecule has 0 fully saturated rings. The van der Waals surface area contributed by atoms with E-state index in [1.165, 1.54) is 0 Å².